The topological polar surface area (TPSA) is 120 Å². The first-order chi connectivity index (χ1) is 18.5. The van der Waals surface area contributed by atoms with Crippen LogP contribution in [0.25, 0.3) is 11.3 Å². The maximum atomic E-state index is 14.4. The molecule has 2 amide bonds. The smallest absolute Gasteiger partial charge is 0.417 e. The van der Waals surface area contributed by atoms with Crippen LogP contribution >= 0.6 is 0 Å². The van der Waals surface area contributed by atoms with E-state index in [9.17, 15) is 32.3 Å². The number of H-pyrrole nitrogens is 1. The van der Waals surface area contributed by atoms with Crippen LogP contribution in [0.3, 0.4) is 0 Å². The molecule has 1 aliphatic carbocycles. The molecule has 1 saturated carbocycles. The molecule has 2 saturated heterocycles. The molecule has 0 radical (unpaired) electrons. The Morgan fingerprint density at radius 2 is 1.82 bits per heavy atom. The zero-order chi connectivity index (χ0) is 27.9. The molecule has 1 unspecified atom stereocenters. The van der Waals surface area contributed by atoms with Gasteiger partial charge in [-0.3, -0.25) is 14.7 Å². The number of alkyl halides is 3. The molecule has 5 rings (SSSR count). The summed E-state index contributed by atoms with van der Waals surface area (Å²) in [5.41, 5.74) is -2.11. The van der Waals surface area contributed by atoms with Crippen molar-refractivity contribution < 1.29 is 37.0 Å². The molecule has 13 heteroatoms. The van der Waals surface area contributed by atoms with Crippen LogP contribution in [-0.4, -0.2) is 74.0 Å². The molecule has 3 N–H and O–H groups in total. The van der Waals surface area contributed by atoms with Gasteiger partial charge in [0.05, 0.1) is 19.0 Å². The molecule has 39 heavy (non-hydrogen) atoms. The summed E-state index contributed by atoms with van der Waals surface area (Å²) in [4.78, 5) is 32.2. The molecule has 3 aliphatic rings. The van der Waals surface area contributed by atoms with E-state index in [4.69, 9.17) is 4.74 Å². The first-order valence-corrected chi connectivity index (χ1v) is 13.2. The number of piperidine rings is 2. The van der Waals surface area contributed by atoms with Gasteiger partial charge in [-0.15, -0.1) is 0 Å². The van der Waals surface area contributed by atoms with Crippen LogP contribution in [0.5, 0.6) is 5.88 Å². The monoisotopic (exact) mass is 553 g/mol. The third kappa shape index (κ3) is 5.32. The molecular formula is C26H31F4N5O4. The van der Waals surface area contributed by atoms with Gasteiger partial charge < -0.3 is 20.1 Å². The van der Waals surface area contributed by atoms with E-state index in [1.54, 1.807) is 4.90 Å². The van der Waals surface area contributed by atoms with Gasteiger partial charge in [-0.05, 0) is 63.9 Å². The molecule has 4 heterocycles. The molecule has 3 fully saturated rings. The third-order valence-electron chi connectivity index (χ3n) is 8.39. The summed E-state index contributed by atoms with van der Waals surface area (Å²) in [5, 5.41) is 19.6. The van der Waals surface area contributed by atoms with Gasteiger partial charge >= 0.3 is 6.18 Å². The molecule has 2 aliphatic heterocycles. The van der Waals surface area contributed by atoms with Gasteiger partial charge in [-0.2, -0.15) is 18.3 Å². The van der Waals surface area contributed by atoms with Crippen LogP contribution in [-0.2, 0) is 4.79 Å². The Balaban J connectivity index is 1.23. The van der Waals surface area contributed by atoms with E-state index in [1.807, 2.05) is 0 Å². The average molecular weight is 554 g/mol. The molecule has 2 bridgehead atoms. The summed E-state index contributed by atoms with van der Waals surface area (Å²) in [7, 11) is 1.41. The largest absolute Gasteiger partial charge is 0.481 e. The summed E-state index contributed by atoms with van der Waals surface area (Å²) in [5.74, 6) is -1.24. The Labute approximate surface area is 222 Å². The highest BCUT2D eigenvalue weighted by Gasteiger charge is 2.55. The Kier molecular flexibility index (Phi) is 7.29. The number of aliphatic hydroxyl groups is 1. The minimum Gasteiger partial charge on any atom is -0.481 e. The zero-order valence-corrected chi connectivity index (χ0v) is 21.4. The van der Waals surface area contributed by atoms with Crippen molar-refractivity contribution in [3.05, 3.63) is 29.8 Å². The standard InChI is InChI=1S/C26H31F4N5O4/c1-39-22-11-18(19(27)13-31-22)20-12-21(34-33-20)24(37)35-16-3-2-4-17(35)10-14(9-16)23(36)32-15-5-7-25(38,8-6-15)26(28,29)30/h11-17,38H,2-10H2,1H3,(H,32,36)(H,33,34)/t14?,15?,16-,17+,25?. The minimum atomic E-state index is -4.69. The van der Waals surface area contributed by atoms with Crippen LogP contribution < -0.4 is 10.1 Å². The number of fused-ring (bicyclic) bond motifs is 2. The second-order valence-electron chi connectivity index (χ2n) is 10.8. The highest BCUT2D eigenvalue weighted by molar-refractivity contribution is 5.94. The van der Waals surface area contributed by atoms with E-state index >= 15 is 0 Å². The van der Waals surface area contributed by atoms with Crippen molar-refractivity contribution in [1.29, 1.82) is 0 Å². The average Bonchev–Trinajstić information content (AvgIpc) is 3.38. The molecule has 3 atom stereocenters. The summed E-state index contributed by atoms with van der Waals surface area (Å²) in [6.07, 6.45) is -1.17. The van der Waals surface area contributed by atoms with Crippen molar-refractivity contribution in [3.63, 3.8) is 0 Å². The van der Waals surface area contributed by atoms with Gasteiger partial charge in [-0.25, -0.2) is 9.37 Å². The fraction of sp³-hybridized carbons (Fsp3) is 0.615. The van der Waals surface area contributed by atoms with E-state index in [2.05, 4.69) is 20.5 Å². The number of halogens is 4. The van der Waals surface area contributed by atoms with Crippen LogP contribution in [0.4, 0.5) is 17.6 Å². The molecular weight excluding hydrogens is 522 g/mol. The number of carbonyl (C=O) groups excluding carboxylic acids is 2. The van der Waals surface area contributed by atoms with Gasteiger partial charge in [-0.1, -0.05) is 0 Å². The Hall–Kier alpha value is -3.22. The number of methoxy groups -OCH3 is 1. The first kappa shape index (κ1) is 27.4. The highest BCUT2D eigenvalue weighted by atomic mass is 19.4. The van der Waals surface area contributed by atoms with Crippen LogP contribution in [0.15, 0.2) is 18.3 Å². The zero-order valence-electron chi connectivity index (χ0n) is 21.4. The van der Waals surface area contributed by atoms with Crippen LogP contribution in [0, 0.1) is 11.7 Å². The normalized spacial score (nSPS) is 29.1. The van der Waals surface area contributed by atoms with Crippen molar-refractivity contribution in [2.75, 3.05) is 7.11 Å². The maximum absolute atomic E-state index is 14.4. The van der Waals surface area contributed by atoms with E-state index in [1.165, 1.54) is 19.2 Å². The van der Waals surface area contributed by atoms with Crippen molar-refractivity contribution in [1.82, 2.24) is 25.4 Å². The number of nitrogens with zero attached hydrogens (tertiary/aromatic N) is 3. The number of aromatic nitrogens is 3. The molecule has 2 aromatic rings. The van der Waals surface area contributed by atoms with E-state index < -0.39 is 36.5 Å². The lowest BCUT2D eigenvalue weighted by Gasteiger charge is -2.48. The number of hydrogen-bond donors (Lipinski definition) is 3. The molecule has 9 nitrogen and oxygen atoms in total. The van der Waals surface area contributed by atoms with Gasteiger partial charge in [0.1, 0.15) is 5.69 Å². The van der Waals surface area contributed by atoms with Gasteiger partial charge in [0.25, 0.3) is 5.91 Å². The summed E-state index contributed by atoms with van der Waals surface area (Å²) in [6, 6.07) is 2.11. The van der Waals surface area contributed by atoms with E-state index in [-0.39, 0.29) is 65.5 Å². The van der Waals surface area contributed by atoms with Crippen LogP contribution in [0.2, 0.25) is 0 Å². The predicted molar refractivity (Wildman–Crippen MR) is 130 cm³/mol. The maximum Gasteiger partial charge on any atom is 0.417 e. The molecule has 2 aromatic heterocycles. The van der Waals surface area contributed by atoms with Gasteiger partial charge in [0.2, 0.25) is 11.8 Å². The summed E-state index contributed by atoms with van der Waals surface area (Å²) in [6.45, 7) is 0. The summed E-state index contributed by atoms with van der Waals surface area (Å²) < 4.78 is 58.7. The van der Waals surface area contributed by atoms with E-state index in [0.717, 1.165) is 25.5 Å². The SMILES string of the molecule is COc1cc(-c2cc(C(=O)N3[C@@H]4CCC[C@H]3CC(C(=O)NC3CCC(O)(C(F)(F)F)CC3)C4)[nH]n2)c(F)cn1. The fourth-order valence-corrected chi connectivity index (χ4v) is 6.21. The molecule has 0 aromatic carbocycles. The number of rotatable bonds is 5. The second-order valence-corrected chi connectivity index (χ2v) is 10.8. The molecule has 212 valence electrons. The Bertz CT molecular complexity index is 1210. The van der Waals surface area contributed by atoms with Crippen molar-refractivity contribution in [3.8, 4) is 17.1 Å². The lowest BCUT2D eigenvalue weighted by atomic mass is 9.77. The quantitative estimate of drug-likeness (QED) is 0.486. The first-order valence-electron chi connectivity index (χ1n) is 13.2. The lowest BCUT2D eigenvalue weighted by molar-refractivity contribution is -0.270. The summed E-state index contributed by atoms with van der Waals surface area (Å²) >= 11 is 0. The van der Waals surface area contributed by atoms with Gasteiger partial charge in [0.15, 0.2) is 11.4 Å². The Morgan fingerprint density at radius 3 is 2.44 bits per heavy atom. The Morgan fingerprint density at radius 1 is 1.15 bits per heavy atom. The fourth-order valence-electron chi connectivity index (χ4n) is 6.21. The number of amides is 2. The predicted octanol–water partition coefficient (Wildman–Crippen LogP) is 3.74. The lowest BCUT2D eigenvalue weighted by Crippen LogP contribution is -2.57. The third-order valence-corrected chi connectivity index (χ3v) is 8.39. The van der Waals surface area contributed by atoms with Crippen LogP contribution in [0.1, 0.15) is 68.3 Å². The van der Waals surface area contributed by atoms with Gasteiger partial charge in [0, 0.05) is 35.7 Å². The minimum absolute atomic E-state index is 0.0536. The highest BCUT2D eigenvalue weighted by Crippen LogP contribution is 2.42. The number of pyridine rings is 1. The second kappa shape index (κ2) is 10.4. The van der Waals surface area contributed by atoms with Crippen molar-refractivity contribution >= 4 is 11.8 Å². The molecule has 0 spiro atoms. The number of nitrogens with one attached hydrogen (secondary N) is 2. The van der Waals surface area contributed by atoms with Crippen molar-refractivity contribution in [2.24, 2.45) is 5.92 Å². The number of hydrogen-bond acceptors (Lipinski definition) is 6. The number of aromatic amines is 1. The number of ether oxygens (including phenoxy) is 1. The van der Waals surface area contributed by atoms with E-state index in [0.29, 0.717) is 12.8 Å². The number of carbonyl (C=O) groups is 2. The van der Waals surface area contributed by atoms with Crippen molar-refractivity contribution in [2.45, 2.75) is 87.7 Å².